The van der Waals surface area contributed by atoms with Crippen LogP contribution in [0.15, 0.2) is 24.3 Å². The van der Waals surface area contributed by atoms with Crippen LogP contribution in [0.5, 0.6) is 5.75 Å². The summed E-state index contributed by atoms with van der Waals surface area (Å²) in [6.07, 6.45) is 1.01. The summed E-state index contributed by atoms with van der Waals surface area (Å²) in [4.78, 5) is 0. The van der Waals surface area contributed by atoms with Crippen LogP contribution in [0.3, 0.4) is 0 Å². The summed E-state index contributed by atoms with van der Waals surface area (Å²) in [6, 6.07) is 8.80. The number of rotatable bonds is 3. The third-order valence-corrected chi connectivity index (χ3v) is 4.53. The molecule has 1 aliphatic rings. The molecule has 2 unspecified atom stereocenters. The molecule has 0 bridgehead atoms. The first kappa shape index (κ1) is 15.4. The molecule has 1 aromatic carbocycles. The zero-order chi connectivity index (χ0) is 15.0. The minimum absolute atomic E-state index is 0.100. The van der Waals surface area contributed by atoms with Gasteiger partial charge in [0.05, 0.1) is 0 Å². The highest BCUT2D eigenvalue weighted by Crippen LogP contribution is 2.39. The minimum atomic E-state index is -0.100. The van der Waals surface area contributed by atoms with Crippen molar-refractivity contribution in [3.8, 4) is 5.75 Å². The first-order chi connectivity index (χ1) is 9.19. The van der Waals surface area contributed by atoms with E-state index in [2.05, 4.69) is 71.1 Å². The summed E-state index contributed by atoms with van der Waals surface area (Å²) in [5, 5.41) is 3.76. The molecular formula is C18H29NO. The van der Waals surface area contributed by atoms with E-state index in [9.17, 15) is 0 Å². The van der Waals surface area contributed by atoms with Gasteiger partial charge in [-0.1, -0.05) is 45.9 Å². The second-order valence-electron chi connectivity index (χ2n) is 7.83. The van der Waals surface area contributed by atoms with E-state index < -0.39 is 0 Å². The van der Waals surface area contributed by atoms with Gasteiger partial charge in [-0.15, -0.1) is 0 Å². The van der Waals surface area contributed by atoms with Gasteiger partial charge in [0.15, 0.2) is 0 Å². The largest absolute Gasteiger partial charge is 0.487 e. The van der Waals surface area contributed by atoms with E-state index in [1.54, 1.807) is 0 Å². The molecule has 0 amide bonds. The molecule has 0 spiro atoms. The quantitative estimate of drug-likeness (QED) is 0.873. The first-order valence-electron chi connectivity index (χ1n) is 7.70. The third kappa shape index (κ3) is 3.54. The molecule has 2 rings (SSSR count). The van der Waals surface area contributed by atoms with Crippen molar-refractivity contribution in [3.05, 3.63) is 29.8 Å². The maximum atomic E-state index is 6.08. The van der Waals surface area contributed by atoms with E-state index >= 15 is 0 Å². The molecule has 2 atom stereocenters. The van der Waals surface area contributed by atoms with Gasteiger partial charge in [0.25, 0.3) is 0 Å². The second-order valence-corrected chi connectivity index (χ2v) is 7.83. The van der Waals surface area contributed by atoms with E-state index in [4.69, 9.17) is 4.74 Å². The van der Waals surface area contributed by atoms with E-state index in [1.165, 1.54) is 5.56 Å². The third-order valence-electron chi connectivity index (χ3n) is 4.53. The van der Waals surface area contributed by atoms with Gasteiger partial charge >= 0.3 is 0 Å². The standard InChI is InChI=1S/C18H29NO/c1-13(17(2,3)4)12-19-15-11-18(5,6)20-16-10-8-7-9-14(15)16/h7-10,13,15,19H,11-12H2,1-6H3. The summed E-state index contributed by atoms with van der Waals surface area (Å²) in [5.41, 5.74) is 1.54. The van der Waals surface area contributed by atoms with Crippen molar-refractivity contribution in [2.24, 2.45) is 11.3 Å². The minimum Gasteiger partial charge on any atom is -0.487 e. The molecule has 0 fully saturated rings. The van der Waals surface area contributed by atoms with Crippen LogP contribution < -0.4 is 10.1 Å². The number of benzene rings is 1. The van der Waals surface area contributed by atoms with Gasteiger partial charge in [0.2, 0.25) is 0 Å². The van der Waals surface area contributed by atoms with Crippen LogP contribution in [0.4, 0.5) is 0 Å². The molecule has 2 nitrogen and oxygen atoms in total. The molecule has 1 heterocycles. The number of hydrogen-bond acceptors (Lipinski definition) is 2. The molecule has 20 heavy (non-hydrogen) atoms. The summed E-state index contributed by atoms with van der Waals surface area (Å²) >= 11 is 0. The molecule has 2 heteroatoms. The average Bonchev–Trinajstić information content (AvgIpc) is 2.33. The highest BCUT2D eigenvalue weighted by molar-refractivity contribution is 5.38. The lowest BCUT2D eigenvalue weighted by molar-refractivity contribution is 0.0640. The highest BCUT2D eigenvalue weighted by atomic mass is 16.5. The normalized spacial score (nSPS) is 22.8. The molecule has 0 saturated heterocycles. The van der Waals surface area contributed by atoms with Crippen molar-refractivity contribution in [1.29, 1.82) is 0 Å². The summed E-state index contributed by atoms with van der Waals surface area (Å²) in [7, 11) is 0. The van der Waals surface area contributed by atoms with Gasteiger partial charge in [-0.25, -0.2) is 0 Å². The Labute approximate surface area is 123 Å². The summed E-state index contributed by atoms with van der Waals surface area (Å²) in [5.74, 6) is 1.67. The molecule has 1 aromatic rings. The molecule has 0 saturated carbocycles. The van der Waals surface area contributed by atoms with E-state index in [1.807, 2.05) is 0 Å². The van der Waals surface area contributed by atoms with Crippen LogP contribution in [0.1, 0.15) is 59.6 Å². The Morgan fingerprint density at radius 3 is 2.60 bits per heavy atom. The lowest BCUT2D eigenvalue weighted by Crippen LogP contribution is -2.41. The first-order valence-corrected chi connectivity index (χ1v) is 7.70. The van der Waals surface area contributed by atoms with Crippen LogP contribution >= 0.6 is 0 Å². The smallest absolute Gasteiger partial charge is 0.124 e. The maximum absolute atomic E-state index is 6.08. The Morgan fingerprint density at radius 1 is 1.30 bits per heavy atom. The Morgan fingerprint density at radius 2 is 1.95 bits per heavy atom. The number of hydrogen-bond donors (Lipinski definition) is 1. The van der Waals surface area contributed by atoms with Crippen LogP contribution in [0.25, 0.3) is 0 Å². The Balaban J connectivity index is 2.12. The topological polar surface area (TPSA) is 21.3 Å². The van der Waals surface area contributed by atoms with Crippen molar-refractivity contribution < 1.29 is 4.74 Å². The van der Waals surface area contributed by atoms with Gasteiger partial charge < -0.3 is 10.1 Å². The maximum Gasteiger partial charge on any atom is 0.124 e. The second kappa shape index (κ2) is 5.40. The zero-order valence-corrected chi connectivity index (χ0v) is 13.8. The number of ether oxygens (including phenoxy) is 1. The fourth-order valence-corrected chi connectivity index (χ4v) is 2.61. The lowest BCUT2D eigenvalue weighted by atomic mass is 9.81. The molecule has 0 aromatic heterocycles. The average molecular weight is 275 g/mol. The number of para-hydroxylation sites is 1. The van der Waals surface area contributed by atoms with Crippen LogP contribution in [-0.4, -0.2) is 12.1 Å². The molecule has 0 radical (unpaired) electrons. The Bertz CT molecular complexity index is 459. The van der Waals surface area contributed by atoms with Crippen LogP contribution in [0.2, 0.25) is 0 Å². The van der Waals surface area contributed by atoms with E-state index in [0.29, 0.717) is 17.4 Å². The SMILES string of the molecule is CC(CNC1CC(C)(C)Oc2ccccc21)C(C)(C)C. The van der Waals surface area contributed by atoms with Gasteiger partial charge in [-0.05, 0) is 37.8 Å². The summed E-state index contributed by atoms with van der Waals surface area (Å²) in [6.45, 7) is 14.6. The molecule has 1 N–H and O–H groups in total. The lowest BCUT2D eigenvalue weighted by Gasteiger charge is -2.39. The Kier molecular flexibility index (Phi) is 4.15. The Hall–Kier alpha value is -1.02. The van der Waals surface area contributed by atoms with Gasteiger partial charge in [-0.3, -0.25) is 0 Å². The predicted molar refractivity (Wildman–Crippen MR) is 85.1 cm³/mol. The van der Waals surface area contributed by atoms with E-state index in [0.717, 1.165) is 18.7 Å². The van der Waals surface area contributed by atoms with Crippen molar-refractivity contribution >= 4 is 0 Å². The molecular weight excluding hydrogens is 246 g/mol. The van der Waals surface area contributed by atoms with Gasteiger partial charge in [0.1, 0.15) is 11.4 Å². The van der Waals surface area contributed by atoms with Crippen LogP contribution in [0, 0.1) is 11.3 Å². The molecule has 112 valence electrons. The summed E-state index contributed by atoms with van der Waals surface area (Å²) < 4.78 is 6.08. The molecule has 0 aliphatic carbocycles. The monoisotopic (exact) mass is 275 g/mol. The number of fused-ring (bicyclic) bond motifs is 1. The highest BCUT2D eigenvalue weighted by Gasteiger charge is 2.33. The molecule has 1 aliphatic heterocycles. The van der Waals surface area contributed by atoms with Crippen molar-refractivity contribution in [2.45, 2.75) is 59.6 Å². The van der Waals surface area contributed by atoms with Crippen molar-refractivity contribution in [3.63, 3.8) is 0 Å². The fourth-order valence-electron chi connectivity index (χ4n) is 2.61. The zero-order valence-electron chi connectivity index (χ0n) is 13.8. The predicted octanol–water partition coefficient (Wildman–Crippen LogP) is 4.56. The van der Waals surface area contributed by atoms with Crippen molar-refractivity contribution in [1.82, 2.24) is 5.32 Å². The van der Waals surface area contributed by atoms with Crippen LogP contribution in [-0.2, 0) is 0 Å². The van der Waals surface area contributed by atoms with Gasteiger partial charge in [-0.2, -0.15) is 0 Å². The fraction of sp³-hybridized carbons (Fsp3) is 0.667. The van der Waals surface area contributed by atoms with E-state index in [-0.39, 0.29) is 5.60 Å². The number of nitrogens with one attached hydrogen (secondary N) is 1. The van der Waals surface area contributed by atoms with Crippen molar-refractivity contribution in [2.75, 3.05) is 6.54 Å². The van der Waals surface area contributed by atoms with Gasteiger partial charge in [0, 0.05) is 18.0 Å².